The highest BCUT2D eigenvalue weighted by Gasteiger charge is 2.18. The van der Waals surface area contributed by atoms with Crippen LogP contribution in [-0.2, 0) is 6.61 Å². The number of nitro benzene ring substituents is 1. The highest BCUT2D eigenvalue weighted by Crippen LogP contribution is 2.35. The molecule has 0 saturated carbocycles. The van der Waals surface area contributed by atoms with E-state index in [-0.39, 0.29) is 18.0 Å². The van der Waals surface area contributed by atoms with Crippen molar-refractivity contribution in [3.8, 4) is 5.75 Å². The molecule has 0 aliphatic rings. The Morgan fingerprint density at radius 3 is 3.05 bits per heavy atom. The number of hydrogen-bond donors (Lipinski definition) is 1. The molecule has 20 heavy (non-hydrogen) atoms. The van der Waals surface area contributed by atoms with E-state index in [1.165, 1.54) is 17.4 Å². The van der Waals surface area contributed by atoms with Gasteiger partial charge in [0.1, 0.15) is 6.61 Å². The van der Waals surface area contributed by atoms with E-state index >= 15 is 0 Å². The number of para-hydroxylation sites is 1. The Hall–Kier alpha value is -1.67. The van der Waals surface area contributed by atoms with Crippen LogP contribution in [0.25, 0.3) is 0 Å². The summed E-state index contributed by atoms with van der Waals surface area (Å²) in [5.74, 6) is 0.232. The molecule has 0 fully saturated rings. The number of nitro groups is 1. The molecular formula is C12H12BrN3O3S. The molecule has 0 saturated heterocycles. The number of nitrogens with one attached hydrogen (secondary N) is 1. The number of benzene rings is 1. The van der Waals surface area contributed by atoms with Gasteiger partial charge in [-0.3, -0.25) is 10.1 Å². The van der Waals surface area contributed by atoms with Crippen LogP contribution in [0, 0.1) is 10.1 Å². The lowest BCUT2D eigenvalue weighted by atomic mass is 10.3. The minimum absolute atomic E-state index is 0.0594. The van der Waals surface area contributed by atoms with Gasteiger partial charge < -0.3 is 10.1 Å². The Bertz CT molecular complexity index is 618. The summed E-state index contributed by atoms with van der Waals surface area (Å²) >= 11 is 4.73. The SMILES string of the molecule is CCNc1ncc(COc2c(Br)cccc2[N+](=O)[O-])s1. The highest BCUT2D eigenvalue weighted by atomic mass is 79.9. The molecule has 0 atom stereocenters. The molecule has 1 aromatic carbocycles. The number of rotatable bonds is 6. The standard InChI is InChI=1S/C12H12BrN3O3S/c1-2-14-12-15-6-8(20-12)7-19-11-9(13)4-3-5-10(11)16(17)18/h3-6H,2,7H2,1H3,(H,14,15). The smallest absolute Gasteiger partial charge is 0.312 e. The van der Waals surface area contributed by atoms with E-state index in [0.29, 0.717) is 4.47 Å². The molecule has 1 N–H and O–H groups in total. The minimum Gasteiger partial charge on any atom is -0.480 e. The molecule has 8 heteroatoms. The Morgan fingerprint density at radius 2 is 2.35 bits per heavy atom. The van der Waals surface area contributed by atoms with Crippen LogP contribution in [0.3, 0.4) is 0 Å². The van der Waals surface area contributed by atoms with E-state index in [4.69, 9.17) is 4.74 Å². The first-order valence-electron chi connectivity index (χ1n) is 5.86. The largest absolute Gasteiger partial charge is 0.480 e. The van der Waals surface area contributed by atoms with Crippen molar-refractivity contribution in [2.24, 2.45) is 0 Å². The molecule has 0 bridgehead atoms. The fraction of sp³-hybridized carbons (Fsp3) is 0.250. The zero-order chi connectivity index (χ0) is 14.5. The van der Waals surface area contributed by atoms with Crippen LogP contribution in [0.2, 0.25) is 0 Å². The van der Waals surface area contributed by atoms with Crippen molar-refractivity contribution < 1.29 is 9.66 Å². The molecule has 2 rings (SSSR count). The second-order valence-electron chi connectivity index (χ2n) is 3.80. The van der Waals surface area contributed by atoms with Gasteiger partial charge in [0.05, 0.1) is 14.3 Å². The minimum atomic E-state index is -0.461. The maximum Gasteiger partial charge on any atom is 0.312 e. The summed E-state index contributed by atoms with van der Waals surface area (Å²) in [6, 6.07) is 4.72. The summed E-state index contributed by atoms with van der Waals surface area (Å²) in [6.45, 7) is 3.03. The number of aromatic nitrogens is 1. The first-order chi connectivity index (χ1) is 9.61. The summed E-state index contributed by atoms with van der Waals surface area (Å²) in [5.41, 5.74) is -0.0594. The third-order valence-electron chi connectivity index (χ3n) is 2.38. The van der Waals surface area contributed by atoms with E-state index in [0.717, 1.165) is 16.6 Å². The van der Waals surface area contributed by atoms with Crippen molar-refractivity contribution in [1.29, 1.82) is 0 Å². The van der Waals surface area contributed by atoms with Gasteiger partial charge in [0.15, 0.2) is 5.13 Å². The maximum atomic E-state index is 11.0. The predicted molar refractivity (Wildman–Crippen MR) is 81.4 cm³/mol. The van der Waals surface area contributed by atoms with Crippen molar-refractivity contribution in [3.05, 3.63) is 43.9 Å². The molecule has 0 spiro atoms. The average molecular weight is 358 g/mol. The number of halogens is 1. The van der Waals surface area contributed by atoms with Gasteiger partial charge >= 0.3 is 5.69 Å². The molecule has 0 radical (unpaired) electrons. The lowest BCUT2D eigenvalue weighted by Crippen LogP contribution is -1.98. The van der Waals surface area contributed by atoms with Gasteiger partial charge in [-0.05, 0) is 28.9 Å². The summed E-state index contributed by atoms with van der Waals surface area (Å²) in [6.07, 6.45) is 1.70. The van der Waals surface area contributed by atoms with Crippen molar-refractivity contribution in [3.63, 3.8) is 0 Å². The zero-order valence-corrected chi connectivity index (χ0v) is 13.0. The lowest BCUT2D eigenvalue weighted by Gasteiger charge is -2.07. The Morgan fingerprint density at radius 1 is 1.55 bits per heavy atom. The second kappa shape index (κ2) is 6.67. The topological polar surface area (TPSA) is 77.3 Å². The maximum absolute atomic E-state index is 11.0. The summed E-state index contributed by atoms with van der Waals surface area (Å²) in [7, 11) is 0. The van der Waals surface area contributed by atoms with Gasteiger partial charge in [0.25, 0.3) is 0 Å². The van der Waals surface area contributed by atoms with E-state index < -0.39 is 4.92 Å². The van der Waals surface area contributed by atoms with Crippen LogP contribution in [0.5, 0.6) is 5.75 Å². The molecule has 1 aromatic heterocycles. The van der Waals surface area contributed by atoms with Gasteiger partial charge in [0, 0.05) is 18.8 Å². The van der Waals surface area contributed by atoms with Crippen LogP contribution in [0.4, 0.5) is 10.8 Å². The quantitative estimate of drug-likeness (QED) is 0.627. The fourth-order valence-electron chi connectivity index (χ4n) is 1.53. The lowest BCUT2D eigenvalue weighted by molar-refractivity contribution is -0.386. The fourth-order valence-corrected chi connectivity index (χ4v) is 2.80. The molecule has 0 aliphatic heterocycles. The van der Waals surface area contributed by atoms with Crippen LogP contribution < -0.4 is 10.1 Å². The van der Waals surface area contributed by atoms with E-state index in [1.807, 2.05) is 6.92 Å². The van der Waals surface area contributed by atoms with E-state index in [2.05, 4.69) is 26.2 Å². The highest BCUT2D eigenvalue weighted by molar-refractivity contribution is 9.10. The summed E-state index contributed by atoms with van der Waals surface area (Å²) in [4.78, 5) is 15.6. The molecule has 0 aliphatic carbocycles. The summed E-state index contributed by atoms with van der Waals surface area (Å²) in [5, 5.41) is 14.9. The molecule has 106 valence electrons. The number of nitrogens with zero attached hydrogens (tertiary/aromatic N) is 2. The molecule has 1 heterocycles. The third kappa shape index (κ3) is 3.45. The van der Waals surface area contributed by atoms with Gasteiger partial charge in [-0.25, -0.2) is 4.98 Å². The van der Waals surface area contributed by atoms with Crippen molar-refractivity contribution in [2.75, 3.05) is 11.9 Å². The summed E-state index contributed by atoms with van der Waals surface area (Å²) < 4.78 is 6.12. The first kappa shape index (κ1) is 14.7. The first-order valence-corrected chi connectivity index (χ1v) is 7.47. The normalized spacial score (nSPS) is 10.3. The zero-order valence-electron chi connectivity index (χ0n) is 10.6. The van der Waals surface area contributed by atoms with Gasteiger partial charge in [-0.2, -0.15) is 0 Å². The van der Waals surface area contributed by atoms with Gasteiger partial charge in [0.2, 0.25) is 5.75 Å². The van der Waals surface area contributed by atoms with Crippen molar-refractivity contribution >= 4 is 38.1 Å². The molecule has 0 amide bonds. The van der Waals surface area contributed by atoms with Gasteiger partial charge in [-0.1, -0.05) is 17.4 Å². The Labute approximate surface area is 128 Å². The second-order valence-corrected chi connectivity index (χ2v) is 5.77. The number of ether oxygens (including phenoxy) is 1. The van der Waals surface area contributed by atoms with Crippen molar-refractivity contribution in [2.45, 2.75) is 13.5 Å². The molecular weight excluding hydrogens is 346 g/mol. The molecule has 2 aromatic rings. The van der Waals surface area contributed by atoms with E-state index in [1.54, 1.807) is 18.3 Å². The van der Waals surface area contributed by atoms with Crippen molar-refractivity contribution in [1.82, 2.24) is 4.98 Å². The van der Waals surface area contributed by atoms with Crippen LogP contribution in [0.1, 0.15) is 11.8 Å². The monoisotopic (exact) mass is 357 g/mol. The number of thiazole rings is 1. The molecule has 0 unspecified atom stereocenters. The number of anilines is 1. The Balaban J connectivity index is 2.12. The number of hydrogen-bond acceptors (Lipinski definition) is 6. The predicted octanol–water partition coefficient (Wildman–Crippen LogP) is 3.82. The van der Waals surface area contributed by atoms with Gasteiger partial charge in [-0.15, -0.1) is 0 Å². The average Bonchev–Trinajstić information content (AvgIpc) is 2.85. The molecule has 6 nitrogen and oxygen atoms in total. The van der Waals surface area contributed by atoms with Crippen LogP contribution >= 0.6 is 27.3 Å². The third-order valence-corrected chi connectivity index (χ3v) is 3.94. The van der Waals surface area contributed by atoms with Crippen LogP contribution in [0.15, 0.2) is 28.9 Å². The van der Waals surface area contributed by atoms with E-state index in [9.17, 15) is 10.1 Å². The van der Waals surface area contributed by atoms with Crippen LogP contribution in [-0.4, -0.2) is 16.5 Å². The Kier molecular flexibility index (Phi) is 4.91.